The Hall–Kier alpha value is -0.790. The van der Waals surface area contributed by atoms with E-state index in [9.17, 15) is 0 Å². The topological polar surface area (TPSA) is 8.81 Å². The van der Waals surface area contributed by atoms with Crippen molar-refractivity contribution in [2.45, 2.75) is 252 Å². The largest absolute Gasteiger partial charge is 0.256 e. The average Bonchev–Trinajstić information content (AvgIpc) is 3.42. The van der Waals surface area contributed by atoms with E-state index >= 15 is 0 Å². The van der Waals surface area contributed by atoms with Crippen LogP contribution in [0.4, 0.5) is 0 Å². The SMILES string of the molecule is CCCCCCCCCCCCCCCCCCc1n(CCCCCCCCCCCCCCCC)cc[n+]1CCCCC. The zero-order chi connectivity index (χ0) is 31.6. The van der Waals surface area contributed by atoms with E-state index in [1.165, 1.54) is 231 Å². The highest BCUT2D eigenvalue weighted by atomic mass is 15.1. The Morgan fingerprint density at radius 3 is 1.09 bits per heavy atom. The normalized spacial score (nSPS) is 11.6. The second-order valence-corrected chi connectivity index (χ2v) is 14.5. The lowest BCUT2D eigenvalue weighted by Gasteiger charge is -2.07. The summed E-state index contributed by atoms with van der Waals surface area (Å²) in [6.45, 7) is 9.39. The number of imidazole rings is 1. The molecular weight excluding hydrogens is 532 g/mol. The van der Waals surface area contributed by atoms with Crippen molar-refractivity contribution in [1.82, 2.24) is 4.57 Å². The van der Waals surface area contributed by atoms with Gasteiger partial charge in [-0.05, 0) is 32.1 Å². The van der Waals surface area contributed by atoms with Gasteiger partial charge < -0.3 is 0 Å². The zero-order valence-corrected chi connectivity index (χ0v) is 31.0. The summed E-state index contributed by atoms with van der Waals surface area (Å²) in [6, 6.07) is 0. The van der Waals surface area contributed by atoms with Crippen molar-refractivity contribution in [3.63, 3.8) is 0 Å². The number of rotatable bonds is 36. The highest BCUT2D eigenvalue weighted by Gasteiger charge is 2.16. The van der Waals surface area contributed by atoms with Gasteiger partial charge in [0.15, 0.2) is 0 Å². The minimum atomic E-state index is 1.22. The molecule has 0 aliphatic carbocycles. The molecule has 1 aromatic heterocycles. The molecule has 1 rings (SSSR count). The molecule has 0 aromatic carbocycles. The number of aryl methyl sites for hydroxylation is 2. The average molecular weight is 616 g/mol. The summed E-state index contributed by atoms with van der Waals surface area (Å²) in [5, 5.41) is 0. The Kier molecular flexibility index (Phi) is 31.5. The number of aromatic nitrogens is 2. The van der Waals surface area contributed by atoms with Crippen LogP contribution in [0.3, 0.4) is 0 Å². The van der Waals surface area contributed by atoms with Gasteiger partial charge in [0.2, 0.25) is 0 Å². The van der Waals surface area contributed by atoms with Crippen LogP contribution in [0.25, 0.3) is 0 Å². The molecule has 0 aliphatic heterocycles. The molecule has 0 aliphatic rings. The van der Waals surface area contributed by atoms with Crippen molar-refractivity contribution in [2.24, 2.45) is 0 Å². The molecule has 0 bridgehead atoms. The van der Waals surface area contributed by atoms with Crippen LogP contribution in [0, 0.1) is 0 Å². The van der Waals surface area contributed by atoms with Gasteiger partial charge in [0, 0.05) is 6.42 Å². The maximum atomic E-state index is 2.62. The van der Waals surface area contributed by atoms with Crippen LogP contribution >= 0.6 is 0 Å². The van der Waals surface area contributed by atoms with Crippen molar-refractivity contribution >= 4 is 0 Å². The number of hydrogen-bond acceptors (Lipinski definition) is 0. The van der Waals surface area contributed by atoms with E-state index in [-0.39, 0.29) is 0 Å². The van der Waals surface area contributed by atoms with Crippen LogP contribution in [0.2, 0.25) is 0 Å². The van der Waals surface area contributed by atoms with E-state index in [0.29, 0.717) is 0 Å². The third-order valence-corrected chi connectivity index (χ3v) is 10.1. The molecule has 260 valence electrons. The number of hydrogen-bond donors (Lipinski definition) is 0. The lowest BCUT2D eigenvalue weighted by Crippen LogP contribution is -2.37. The Morgan fingerprint density at radius 2 is 0.705 bits per heavy atom. The molecule has 0 N–H and O–H groups in total. The first kappa shape index (κ1) is 41.2. The maximum absolute atomic E-state index is 2.62. The molecule has 0 saturated heterocycles. The third-order valence-electron chi connectivity index (χ3n) is 10.1. The predicted octanol–water partition coefficient (Wildman–Crippen LogP) is 14.3. The molecule has 0 unspecified atom stereocenters. The van der Waals surface area contributed by atoms with Crippen LogP contribution in [-0.4, -0.2) is 4.57 Å². The first-order valence-corrected chi connectivity index (χ1v) is 20.9. The lowest BCUT2D eigenvalue weighted by atomic mass is 10.0. The van der Waals surface area contributed by atoms with E-state index in [0.717, 1.165) is 0 Å². The van der Waals surface area contributed by atoms with Gasteiger partial charge in [0.25, 0.3) is 5.82 Å². The number of unbranched alkanes of at least 4 members (excludes halogenated alkanes) is 30. The standard InChI is InChI=1S/C42H83N2/c1-4-7-10-12-14-16-18-20-22-23-24-26-28-30-32-34-37-42-43(38-35-9-6-3)40-41-44(42)39-36-33-31-29-27-25-21-19-17-15-13-11-8-5-2/h40-41H,4-39H2,1-3H3/q+1. The fourth-order valence-corrected chi connectivity index (χ4v) is 7.03. The molecule has 0 saturated carbocycles. The molecular formula is C42H83N2+. The molecule has 0 fully saturated rings. The maximum Gasteiger partial charge on any atom is 0.256 e. The molecule has 1 aromatic rings. The summed E-state index contributed by atoms with van der Waals surface area (Å²) < 4.78 is 5.22. The van der Waals surface area contributed by atoms with Crippen molar-refractivity contribution in [3.05, 3.63) is 18.2 Å². The van der Waals surface area contributed by atoms with Crippen LogP contribution in [0.5, 0.6) is 0 Å². The first-order valence-electron chi connectivity index (χ1n) is 20.9. The fraction of sp³-hybridized carbons (Fsp3) is 0.929. The van der Waals surface area contributed by atoms with Crippen molar-refractivity contribution in [3.8, 4) is 0 Å². The molecule has 0 atom stereocenters. The Bertz CT molecular complexity index is 677. The summed E-state index contributed by atoms with van der Waals surface area (Å²) in [5.74, 6) is 1.61. The van der Waals surface area contributed by atoms with Gasteiger partial charge >= 0.3 is 0 Å². The molecule has 0 spiro atoms. The first-order chi connectivity index (χ1) is 21.8. The quantitative estimate of drug-likeness (QED) is 0.0524. The smallest absolute Gasteiger partial charge is 0.234 e. The molecule has 0 amide bonds. The van der Waals surface area contributed by atoms with Crippen LogP contribution in [0.15, 0.2) is 12.4 Å². The van der Waals surface area contributed by atoms with E-state index in [1.54, 1.807) is 5.82 Å². The summed E-state index contributed by atoms with van der Waals surface area (Å²) in [5.41, 5.74) is 0. The van der Waals surface area contributed by atoms with E-state index in [2.05, 4.69) is 42.3 Å². The molecule has 0 radical (unpaired) electrons. The summed E-state index contributed by atoms with van der Waals surface area (Å²) >= 11 is 0. The minimum Gasteiger partial charge on any atom is -0.234 e. The van der Waals surface area contributed by atoms with Crippen LogP contribution < -0.4 is 4.57 Å². The van der Waals surface area contributed by atoms with Gasteiger partial charge in [-0.1, -0.05) is 201 Å². The lowest BCUT2D eigenvalue weighted by molar-refractivity contribution is -0.704. The van der Waals surface area contributed by atoms with E-state index in [1.807, 2.05) is 0 Å². The second-order valence-electron chi connectivity index (χ2n) is 14.5. The summed E-state index contributed by atoms with van der Waals surface area (Å²) in [6.07, 6.45) is 53.4. The second kappa shape index (κ2) is 33.6. The van der Waals surface area contributed by atoms with E-state index < -0.39 is 0 Å². The van der Waals surface area contributed by atoms with Gasteiger partial charge in [-0.2, -0.15) is 0 Å². The Labute approximate surface area is 279 Å². The van der Waals surface area contributed by atoms with Crippen molar-refractivity contribution < 1.29 is 4.57 Å². The van der Waals surface area contributed by atoms with Gasteiger partial charge in [0.1, 0.15) is 12.4 Å². The Balaban J connectivity index is 2.10. The summed E-state index contributed by atoms with van der Waals surface area (Å²) in [4.78, 5) is 0. The molecule has 44 heavy (non-hydrogen) atoms. The van der Waals surface area contributed by atoms with E-state index in [4.69, 9.17) is 0 Å². The van der Waals surface area contributed by atoms with Crippen LogP contribution in [-0.2, 0) is 19.5 Å². The van der Waals surface area contributed by atoms with Crippen molar-refractivity contribution in [1.29, 1.82) is 0 Å². The van der Waals surface area contributed by atoms with Gasteiger partial charge in [-0.15, -0.1) is 0 Å². The van der Waals surface area contributed by atoms with Gasteiger partial charge in [0.05, 0.1) is 13.1 Å². The van der Waals surface area contributed by atoms with Crippen LogP contribution in [0.1, 0.15) is 238 Å². The molecule has 2 nitrogen and oxygen atoms in total. The predicted molar refractivity (Wildman–Crippen MR) is 198 cm³/mol. The molecule has 2 heteroatoms. The third kappa shape index (κ3) is 25.4. The summed E-state index contributed by atoms with van der Waals surface area (Å²) in [7, 11) is 0. The zero-order valence-electron chi connectivity index (χ0n) is 31.0. The fourth-order valence-electron chi connectivity index (χ4n) is 7.03. The highest BCUT2D eigenvalue weighted by molar-refractivity contribution is 4.84. The monoisotopic (exact) mass is 616 g/mol. The number of nitrogens with zero attached hydrogens (tertiary/aromatic N) is 2. The minimum absolute atomic E-state index is 1.22. The molecule has 1 heterocycles. The Morgan fingerprint density at radius 1 is 0.386 bits per heavy atom. The van der Waals surface area contributed by atoms with Gasteiger partial charge in [-0.3, -0.25) is 0 Å². The highest BCUT2D eigenvalue weighted by Crippen LogP contribution is 2.16. The van der Waals surface area contributed by atoms with Crippen molar-refractivity contribution in [2.75, 3.05) is 0 Å². The van der Waals surface area contributed by atoms with Gasteiger partial charge in [-0.25, -0.2) is 9.13 Å².